The monoisotopic (exact) mass is 312 g/mol. The van der Waals surface area contributed by atoms with Gasteiger partial charge in [0.15, 0.2) is 0 Å². The number of para-hydroxylation sites is 1. The van der Waals surface area contributed by atoms with Crippen molar-refractivity contribution in [3.8, 4) is 0 Å². The third kappa shape index (κ3) is 2.60. The SMILES string of the molecule is CC(C)(C(=O)Nc1cccc(Cl)c1)c1c[nH]c2ccccc12. The Bertz CT molecular complexity index is 836. The second-order valence-corrected chi connectivity index (χ2v) is 6.27. The van der Waals surface area contributed by atoms with Crippen LogP contribution in [0.3, 0.4) is 0 Å². The fourth-order valence-corrected chi connectivity index (χ4v) is 2.75. The molecule has 0 bridgehead atoms. The Labute approximate surface area is 134 Å². The summed E-state index contributed by atoms with van der Waals surface area (Å²) in [6, 6.07) is 15.1. The van der Waals surface area contributed by atoms with Gasteiger partial charge in [0.05, 0.1) is 5.41 Å². The van der Waals surface area contributed by atoms with E-state index >= 15 is 0 Å². The van der Waals surface area contributed by atoms with Gasteiger partial charge < -0.3 is 10.3 Å². The molecule has 0 spiro atoms. The number of carbonyl (C=O) groups is 1. The van der Waals surface area contributed by atoms with Gasteiger partial charge in [-0.25, -0.2) is 0 Å². The lowest BCUT2D eigenvalue weighted by Crippen LogP contribution is -2.34. The molecular formula is C18H17ClN2O. The Hall–Kier alpha value is -2.26. The molecule has 112 valence electrons. The molecule has 0 radical (unpaired) electrons. The van der Waals surface area contributed by atoms with Gasteiger partial charge in [0.1, 0.15) is 0 Å². The molecule has 0 aliphatic carbocycles. The van der Waals surface area contributed by atoms with Crippen molar-refractivity contribution in [3.63, 3.8) is 0 Å². The van der Waals surface area contributed by atoms with Gasteiger partial charge in [0.2, 0.25) is 5.91 Å². The van der Waals surface area contributed by atoms with Crippen LogP contribution in [0.2, 0.25) is 5.02 Å². The van der Waals surface area contributed by atoms with Gasteiger partial charge in [-0.05, 0) is 43.7 Å². The first-order chi connectivity index (χ1) is 10.5. The van der Waals surface area contributed by atoms with Gasteiger partial charge in [0, 0.05) is 27.8 Å². The number of hydrogen-bond donors (Lipinski definition) is 2. The van der Waals surface area contributed by atoms with Crippen LogP contribution in [0.4, 0.5) is 5.69 Å². The molecule has 2 aromatic carbocycles. The van der Waals surface area contributed by atoms with Crippen LogP contribution >= 0.6 is 11.6 Å². The fraction of sp³-hybridized carbons (Fsp3) is 0.167. The second kappa shape index (κ2) is 5.50. The third-order valence-corrected chi connectivity index (χ3v) is 4.15. The van der Waals surface area contributed by atoms with E-state index in [1.807, 2.05) is 56.4 Å². The van der Waals surface area contributed by atoms with Crippen LogP contribution in [0.15, 0.2) is 54.7 Å². The van der Waals surface area contributed by atoms with Crippen molar-refractivity contribution in [2.24, 2.45) is 0 Å². The number of amides is 1. The van der Waals surface area contributed by atoms with Gasteiger partial charge >= 0.3 is 0 Å². The average Bonchev–Trinajstić information content (AvgIpc) is 2.91. The number of hydrogen-bond acceptors (Lipinski definition) is 1. The largest absolute Gasteiger partial charge is 0.361 e. The molecule has 3 aromatic rings. The van der Waals surface area contributed by atoms with Gasteiger partial charge in [-0.3, -0.25) is 4.79 Å². The van der Waals surface area contributed by atoms with E-state index in [4.69, 9.17) is 11.6 Å². The molecule has 0 saturated heterocycles. The molecule has 0 atom stereocenters. The van der Waals surface area contributed by atoms with Crippen molar-refractivity contribution in [2.45, 2.75) is 19.3 Å². The highest BCUT2D eigenvalue weighted by Gasteiger charge is 2.32. The molecular weight excluding hydrogens is 296 g/mol. The van der Waals surface area contributed by atoms with E-state index in [0.717, 1.165) is 16.5 Å². The maximum absolute atomic E-state index is 12.7. The van der Waals surface area contributed by atoms with Crippen LogP contribution in [-0.2, 0) is 10.2 Å². The first-order valence-corrected chi connectivity index (χ1v) is 7.50. The Morgan fingerprint density at radius 3 is 2.68 bits per heavy atom. The summed E-state index contributed by atoms with van der Waals surface area (Å²) >= 11 is 5.96. The van der Waals surface area contributed by atoms with E-state index in [1.165, 1.54) is 0 Å². The molecule has 1 aromatic heterocycles. The van der Waals surface area contributed by atoms with Crippen molar-refractivity contribution < 1.29 is 4.79 Å². The maximum atomic E-state index is 12.7. The smallest absolute Gasteiger partial charge is 0.234 e. The standard InChI is InChI=1S/C18H17ClN2O/c1-18(2,15-11-20-16-9-4-3-8-14(15)16)17(22)21-13-7-5-6-12(19)10-13/h3-11,20H,1-2H3,(H,21,22). The summed E-state index contributed by atoms with van der Waals surface area (Å²) in [5.41, 5.74) is 2.04. The van der Waals surface area contributed by atoms with Crippen molar-refractivity contribution in [3.05, 3.63) is 65.3 Å². The highest BCUT2D eigenvalue weighted by Crippen LogP contribution is 2.31. The van der Waals surface area contributed by atoms with E-state index in [9.17, 15) is 4.79 Å². The molecule has 3 rings (SSSR count). The number of H-pyrrole nitrogens is 1. The second-order valence-electron chi connectivity index (χ2n) is 5.84. The highest BCUT2D eigenvalue weighted by molar-refractivity contribution is 6.30. The topological polar surface area (TPSA) is 44.9 Å². The number of nitrogens with one attached hydrogen (secondary N) is 2. The van der Waals surface area contributed by atoms with Crippen LogP contribution in [0.25, 0.3) is 10.9 Å². The lowest BCUT2D eigenvalue weighted by Gasteiger charge is -2.23. The van der Waals surface area contributed by atoms with Crippen molar-refractivity contribution in [1.29, 1.82) is 0 Å². The predicted octanol–water partition coefficient (Wildman–Crippen LogP) is 4.74. The summed E-state index contributed by atoms with van der Waals surface area (Å²) in [7, 11) is 0. The zero-order valence-corrected chi connectivity index (χ0v) is 13.2. The summed E-state index contributed by atoms with van der Waals surface area (Å²) < 4.78 is 0. The molecule has 3 nitrogen and oxygen atoms in total. The van der Waals surface area contributed by atoms with Crippen LogP contribution in [0.1, 0.15) is 19.4 Å². The quantitative estimate of drug-likeness (QED) is 0.721. The zero-order valence-electron chi connectivity index (χ0n) is 12.5. The van der Waals surface area contributed by atoms with E-state index < -0.39 is 5.41 Å². The minimum absolute atomic E-state index is 0.0699. The number of aromatic amines is 1. The van der Waals surface area contributed by atoms with Crippen LogP contribution < -0.4 is 5.32 Å². The van der Waals surface area contributed by atoms with Crippen molar-refractivity contribution in [2.75, 3.05) is 5.32 Å². The van der Waals surface area contributed by atoms with Gasteiger partial charge in [-0.2, -0.15) is 0 Å². The van der Waals surface area contributed by atoms with Crippen LogP contribution in [0, 0.1) is 0 Å². The fourth-order valence-electron chi connectivity index (χ4n) is 2.56. The number of anilines is 1. The van der Waals surface area contributed by atoms with E-state index in [1.54, 1.807) is 12.1 Å². The Morgan fingerprint density at radius 2 is 1.91 bits per heavy atom. The summed E-state index contributed by atoms with van der Waals surface area (Å²) in [6.07, 6.45) is 1.90. The number of halogens is 1. The summed E-state index contributed by atoms with van der Waals surface area (Å²) in [5, 5.41) is 4.60. The summed E-state index contributed by atoms with van der Waals surface area (Å²) in [4.78, 5) is 15.9. The normalized spacial score (nSPS) is 11.6. The molecule has 0 fully saturated rings. The average molecular weight is 313 g/mol. The minimum Gasteiger partial charge on any atom is -0.361 e. The Balaban J connectivity index is 1.93. The lowest BCUT2D eigenvalue weighted by atomic mass is 9.83. The van der Waals surface area contributed by atoms with Gasteiger partial charge in [0.25, 0.3) is 0 Å². The first-order valence-electron chi connectivity index (χ1n) is 7.12. The minimum atomic E-state index is -0.665. The highest BCUT2D eigenvalue weighted by atomic mass is 35.5. The molecule has 4 heteroatoms. The summed E-state index contributed by atoms with van der Waals surface area (Å²) in [6.45, 7) is 3.84. The van der Waals surface area contributed by atoms with E-state index in [0.29, 0.717) is 10.7 Å². The molecule has 2 N–H and O–H groups in total. The molecule has 0 aliphatic heterocycles. The van der Waals surface area contributed by atoms with Crippen molar-refractivity contribution >= 4 is 34.1 Å². The number of fused-ring (bicyclic) bond motifs is 1. The zero-order chi connectivity index (χ0) is 15.7. The number of carbonyl (C=O) groups excluding carboxylic acids is 1. The lowest BCUT2D eigenvalue weighted by molar-refractivity contribution is -0.120. The number of aromatic nitrogens is 1. The van der Waals surface area contributed by atoms with Crippen molar-refractivity contribution in [1.82, 2.24) is 4.98 Å². The van der Waals surface area contributed by atoms with Crippen LogP contribution in [-0.4, -0.2) is 10.9 Å². The Morgan fingerprint density at radius 1 is 1.14 bits per heavy atom. The Kier molecular flexibility index (Phi) is 3.67. The number of rotatable bonds is 3. The third-order valence-electron chi connectivity index (χ3n) is 3.91. The molecule has 0 unspecified atom stereocenters. The summed E-state index contributed by atoms with van der Waals surface area (Å²) in [5.74, 6) is -0.0699. The van der Waals surface area contributed by atoms with Crippen LogP contribution in [0.5, 0.6) is 0 Å². The molecule has 0 saturated carbocycles. The van der Waals surface area contributed by atoms with E-state index in [-0.39, 0.29) is 5.91 Å². The molecule has 1 amide bonds. The molecule has 0 aliphatic rings. The molecule has 22 heavy (non-hydrogen) atoms. The van der Waals surface area contributed by atoms with Gasteiger partial charge in [-0.1, -0.05) is 35.9 Å². The number of benzene rings is 2. The van der Waals surface area contributed by atoms with E-state index in [2.05, 4.69) is 10.3 Å². The van der Waals surface area contributed by atoms with Gasteiger partial charge in [-0.15, -0.1) is 0 Å². The maximum Gasteiger partial charge on any atom is 0.234 e. The predicted molar refractivity (Wildman–Crippen MR) is 91.4 cm³/mol. The first kappa shape index (κ1) is 14.7. The molecule has 1 heterocycles.